The Kier molecular flexibility index (Phi) is 2.95. The third-order valence-electron chi connectivity index (χ3n) is 2.91. The van der Waals surface area contributed by atoms with Crippen LogP contribution in [-0.2, 0) is 4.74 Å². The van der Waals surface area contributed by atoms with Gasteiger partial charge in [-0.25, -0.2) is 4.79 Å². The van der Waals surface area contributed by atoms with Crippen molar-refractivity contribution in [3.8, 4) is 0 Å². The molecule has 0 radical (unpaired) electrons. The lowest BCUT2D eigenvalue weighted by Gasteiger charge is -2.30. The van der Waals surface area contributed by atoms with Crippen LogP contribution in [0.5, 0.6) is 0 Å². The van der Waals surface area contributed by atoms with Gasteiger partial charge in [0.1, 0.15) is 0 Å². The molecule has 2 heterocycles. The number of hydrogen-bond acceptors (Lipinski definition) is 3. The molecule has 2 aliphatic heterocycles. The van der Waals surface area contributed by atoms with Gasteiger partial charge in [0, 0.05) is 6.54 Å². The SMILES string of the molecule is O=C1N(S)[C@@H]2CC[C@@H](COC(F)(F)F)N1C2. The second kappa shape index (κ2) is 3.99. The molecule has 2 atom stereocenters. The van der Waals surface area contributed by atoms with E-state index < -0.39 is 19.0 Å². The Bertz CT molecular complexity index is 299. The first kappa shape index (κ1) is 11.8. The average Bonchev–Trinajstić information content (AvgIpc) is 2.42. The number of nitrogens with zero attached hydrogens (tertiary/aromatic N) is 2. The highest BCUT2D eigenvalue weighted by molar-refractivity contribution is 7.78. The normalized spacial score (nSPS) is 30.1. The fraction of sp³-hybridized carbons (Fsp3) is 0.875. The Morgan fingerprint density at radius 1 is 1.44 bits per heavy atom. The van der Waals surface area contributed by atoms with Gasteiger partial charge in [0.25, 0.3) is 0 Å². The number of alkyl halides is 3. The van der Waals surface area contributed by atoms with Crippen LogP contribution in [0.1, 0.15) is 12.8 Å². The monoisotopic (exact) mass is 256 g/mol. The standard InChI is InChI=1S/C8H11F3N2O2S/c9-8(10,11)15-4-6-2-1-5-3-12(6)7(14)13(5)16/h5-6,16H,1-4H2/t5-,6+/m1/s1. The van der Waals surface area contributed by atoms with Gasteiger partial charge in [-0.1, -0.05) is 12.8 Å². The zero-order valence-electron chi connectivity index (χ0n) is 8.28. The van der Waals surface area contributed by atoms with E-state index in [1.54, 1.807) is 0 Å². The molecule has 16 heavy (non-hydrogen) atoms. The molecule has 2 fully saturated rings. The molecule has 0 aromatic rings. The second-order valence-corrected chi connectivity index (χ2v) is 4.35. The fourth-order valence-corrected chi connectivity index (χ4v) is 2.40. The molecule has 8 heteroatoms. The highest BCUT2D eigenvalue weighted by Crippen LogP contribution is 2.31. The van der Waals surface area contributed by atoms with Gasteiger partial charge in [-0.2, -0.15) is 0 Å². The smallest absolute Gasteiger partial charge is 0.317 e. The molecule has 0 N–H and O–H groups in total. The summed E-state index contributed by atoms with van der Waals surface area (Å²) >= 11 is 4.01. The van der Waals surface area contributed by atoms with E-state index in [4.69, 9.17) is 0 Å². The van der Waals surface area contributed by atoms with Gasteiger partial charge in [0.05, 0.1) is 18.7 Å². The van der Waals surface area contributed by atoms with Crippen LogP contribution in [0.4, 0.5) is 18.0 Å². The Balaban J connectivity index is 1.95. The number of ether oxygens (including phenoxy) is 1. The second-order valence-electron chi connectivity index (χ2n) is 3.92. The molecule has 2 saturated heterocycles. The van der Waals surface area contributed by atoms with Crippen molar-refractivity contribution in [1.82, 2.24) is 9.21 Å². The number of thiol groups is 1. The van der Waals surface area contributed by atoms with Crippen LogP contribution in [0, 0.1) is 0 Å². The van der Waals surface area contributed by atoms with Crippen LogP contribution in [-0.4, -0.2) is 46.8 Å². The maximum atomic E-state index is 11.9. The van der Waals surface area contributed by atoms with Gasteiger partial charge >= 0.3 is 12.4 Å². The number of piperidine rings is 1. The molecular formula is C8H11F3N2O2S. The Morgan fingerprint density at radius 2 is 2.12 bits per heavy atom. The lowest BCUT2D eigenvalue weighted by Crippen LogP contribution is -2.43. The van der Waals surface area contributed by atoms with Crippen molar-refractivity contribution >= 4 is 18.8 Å². The molecule has 0 saturated carbocycles. The molecule has 0 spiro atoms. The van der Waals surface area contributed by atoms with E-state index in [0.29, 0.717) is 19.4 Å². The predicted octanol–water partition coefficient (Wildman–Crippen LogP) is 1.64. The van der Waals surface area contributed by atoms with E-state index in [9.17, 15) is 18.0 Å². The highest BCUT2D eigenvalue weighted by atomic mass is 32.1. The Morgan fingerprint density at radius 3 is 2.75 bits per heavy atom. The molecule has 0 aromatic carbocycles. The molecule has 92 valence electrons. The zero-order chi connectivity index (χ0) is 11.9. The van der Waals surface area contributed by atoms with Crippen molar-refractivity contribution in [2.75, 3.05) is 13.2 Å². The van der Waals surface area contributed by atoms with E-state index in [-0.39, 0.29) is 12.1 Å². The summed E-state index contributed by atoms with van der Waals surface area (Å²) in [5.74, 6) is 0. The van der Waals surface area contributed by atoms with Crippen molar-refractivity contribution in [2.45, 2.75) is 31.3 Å². The highest BCUT2D eigenvalue weighted by Gasteiger charge is 2.44. The Labute approximate surface area is 95.9 Å². The topological polar surface area (TPSA) is 32.8 Å². The zero-order valence-corrected chi connectivity index (χ0v) is 9.17. The average molecular weight is 256 g/mol. The van der Waals surface area contributed by atoms with Gasteiger partial charge in [0.15, 0.2) is 0 Å². The number of urea groups is 1. The lowest BCUT2D eigenvalue weighted by molar-refractivity contribution is -0.328. The summed E-state index contributed by atoms with van der Waals surface area (Å²) in [6, 6.07) is -0.817. The number of carbonyl (C=O) groups excluding carboxylic acids is 1. The van der Waals surface area contributed by atoms with E-state index in [0.717, 1.165) is 0 Å². The van der Waals surface area contributed by atoms with Crippen LogP contribution in [0.25, 0.3) is 0 Å². The lowest BCUT2D eigenvalue weighted by atomic mass is 10.0. The quantitative estimate of drug-likeness (QED) is 0.762. The van der Waals surface area contributed by atoms with Crippen molar-refractivity contribution in [1.29, 1.82) is 0 Å². The third-order valence-corrected chi connectivity index (χ3v) is 3.41. The Hall–Kier alpha value is -0.630. The van der Waals surface area contributed by atoms with Crippen molar-refractivity contribution in [3.63, 3.8) is 0 Å². The number of amides is 2. The first-order valence-corrected chi connectivity index (χ1v) is 5.28. The van der Waals surface area contributed by atoms with Gasteiger partial charge in [-0.05, 0) is 12.8 Å². The first-order chi connectivity index (χ1) is 7.38. The van der Waals surface area contributed by atoms with E-state index in [2.05, 4.69) is 17.6 Å². The molecular weight excluding hydrogens is 245 g/mol. The van der Waals surface area contributed by atoms with Crippen molar-refractivity contribution < 1.29 is 22.7 Å². The molecule has 0 aliphatic carbocycles. The maximum absolute atomic E-state index is 11.9. The van der Waals surface area contributed by atoms with Gasteiger partial charge in [0.2, 0.25) is 0 Å². The van der Waals surface area contributed by atoms with Crippen LogP contribution in [0.3, 0.4) is 0 Å². The summed E-state index contributed by atoms with van der Waals surface area (Å²) in [6.45, 7) is -0.0577. The minimum atomic E-state index is -4.64. The molecule has 2 rings (SSSR count). The number of halogens is 3. The van der Waals surface area contributed by atoms with E-state index >= 15 is 0 Å². The summed E-state index contributed by atoms with van der Waals surface area (Å²) < 4.78 is 40.7. The minimum absolute atomic E-state index is 0.0120. The molecule has 2 bridgehead atoms. The maximum Gasteiger partial charge on any atom is 0.522 e. The minimum Gasteiger partial charge on any atom is -0.317 e. The molecule has 2 aliphatic rings. The fourth-order valence-electron chi connectivity index (χ4n) is 2.09. The van der Waals surface area contributed by atoms with Crippen LogP contribution >= 0.6 is 12.8 Å². The molecule has 0 unspecified atom stereocenters. The summed E-state index contributed by atoms with van der Waals surface area (Å²) in [5.41, 5.74) is 0. The van der Waals surface area contributed by atoms with Crippen LogP contribution in [0.15, 0.2) is 0 Å². The third kappa shape index (κ3) is 2.22. The number of rotatable bonds is 2. The molecule has 4 nitrogen and oxygen atoms in total. The molecule has 0 aromatic heterocycles. The van der Waals surface area contributed by atoms with Gasteiger partial charge in [-0.15, -0.1) is 13.2 Å². The number of hydrogen-bond donors (Lipinski definition) is 1. The largest absolute Gasteiger partial charge is 0.522 e. The van der Waals surface area contributed by atoms with Crippen molar-refractivity contribution in [2.24, 2.45) is 0 Å². The number of fused-ring (bicyclic) bond motifs is 2. The summed E-state index contributed by atoms with van der Waals surface area (Å²) in [4.78, 5) is 13.0. The van der Waals surface area contributed by atoms with Gasteiger partial charge in [-0.3, -0.25) is 9.04 Å². The first-order valence-electron chi connectivity index (χ1n) is 4.88. The summed E-state index contributed by atoms with van der Waals surface area (Å²) in [6.07, 6.45) is -3.46. The predicted molar refractivity (Wildman–Crippen MR) is 51.7 cm³/mol. The van der Waals surface area contributed by atoms with Gasteiger partial charge < -0.3 is 4.90 Å². The summed E-state index contributed by atoms with van der Waals surface area (Å²) in [7, 11) is 0. The van der Waals surface area contributed by atoms with E-state index in [1.807, 2.05) is 0 Å². The van der Waals surface area contributed by atoms with Crippen LogP contribution < -0.4 is 0 Å². The summed E-state index contributed by atoms with van der Waals surface area (Å²) in [5, 5.41) is 0. The number of carbonyl (C=O) groups is 1. The van der Waals surface area contributed by atoms with Crippen molar-refractivity contribution in [3.05, 3.63) is 0 Å². The van der Waals surface area contributed by atoms with E-state index in [1.165, 1.54) is 9.21 Å². The van der Waals surface area contributed by atoms with Crippen LogP contribution in [0.2, 0.25) is 0 Å². The molecule has 2 amide bonds.